The fraction of sp³-hybridized carbons (Fsp3) is 0.500. The van der Waals surface area contributed by atoms with E-state index >= 15 is 0 Å². The summed E-state index contributed by atoms with van der Waals surface area (Å²) >= 11 is 0. The molecule has 0 N–H and O–H groups in total. The molecule has 0 spiro atoms. The first kappa shape index (κ1) is 16.8. The van der Waals surface area contributed by atoms with E-state index in [4.69, 9.17) is 0 Å². The van der Waals surface area contributed by atoms with Crippen molar-refractivity contribution in [2.75, 3.05) is 0 Å². The zero-order valence-corrected chi connectivity index (χ0v) is 12.8. The van der Waals surface area contributed by atoms with E-state index in [1.807, 2.05) is 0 Å². The molecule has 0 aromatic heterocycles. The van der Waals surface area contributed by atoms with Crippen LogP contribution in [0.4, 0.5) is 0 Å². The Kier molecular flexibility index (Phi) is 11.8. The molecule has 0 aromatic rings. The van der Waals surface area contributed by atoms with Gasteiger partial charge in [-0.3, -0.25) is 0 Å². The highest BCUT2D eigenvalue weighted by Crippen LogP contribution is 2.03. The molecule has 0 fully saturated rings. The number of allylic oxidation sites excluding steroid dienone is 10. The van der Waals surface area contributed by atoms with Crippen LogP contribution in [0.25, 0.3) is 0 Å². The van der Waals surface area contributed by atoms with Gasteiger partial charge in [-0.15, -0.1) is 0 Å². The summed E-state index contributed by atoms with van der Waals surface area (Å²) < 4.78 is 0. The van der Waals surface area contributed by atoms with Gasteiger partial charge >= 0.3 is 0 Å². The van der Waals surface area contributed by atoms with Crippen molar-refractivity contribution in [2.24, 2.45) is 0 Å². The largest absolute Gasteiger partial charge is 0.0882 e. The van der Waals surface area contributed by atoms with Crippen LogP contribution >= 0.6 is 0 Å². The van der Waals surface area contributed by atoms with E-state index in [0.717, 1.165) is 0 Å². The van der Waals surface area contributed by atoms with Gasteiger partial charge in [0, 0.05) is 0 Å². The zero-order valence-electron chi connectivity index (χ0n) is 12.8. The summed E-state index contributed by atoms with van der Waals surface area (Å²) in [5, 5.41) is 0. The summed E-state index contributed by atoms with van der Waals surface area (Å²) in [7, 11) is 0. The summed E-state index contributed by atoms with van der Waals surface area (Å²) in [6, 6.07) is 0. The molecule has 0 amide bonds. The third-order valence-electron chi connectivity index (χ3n) is 3.33. The lowest BCUT2D eigenvalue weighted by atomic mass is 10.1. The predicted octanol–water partition coefficient (Wildman–Crippen LogP) is 6.68. The van der Waals surface area contributed by atoms with Gasteiger partial charge in [-0.2, -0.15) is 0 Å². The first-order valence-corrected chi connectivity index (χ1v) is 8.25. The molecule has 2 aliphatic rings. The van der Waals surface area contributed by atoms with Gasteiger partial charge in [-0.05, 0) is 64.2 Å². The molecule has 20 heavy (non-hydrogen) atoms. The minimum Gasteiger partial charge on any atom is -0.0882 e. The van der Waals surface area contributed by atoms with Gasteiger partial charge in [0.15, 0.2) is 0 Å². The van der Waals surface area contributed by atoms with Crippen LogP contribution in [0.15, 0.2) is 60.8 Å². The molecule has 0 radical (unpaired) electrons. The van der Waals surface area contributed by atoms with E-state index in [-0.39, 0.29) is 0 Å². The fourth-order valence-corrected chi connectivity index (χ4v) is 2.14. The van der Waals surface area contributed by atoms with Crippen LogP contribution in [0.2, 0.25) is 0 Å². The molecule has 0 atom stereocenters. The Balaban J connectivity index is 0.000000217. The molecule has 0 saturated carbocycles. The fourth-order valence-electron chi connectivity index (χ4n) is 2.14. The standard InChI is InChI=1S/C12H18.C8H12/c1-2-4-6-8-10-12-11-9-7-5-3-1;1-2-4-6-8-7-5-3-1/h1-2,7-10H,3-6,11-12H2;1-2,7-8H,3-6H2. The molecule has 2 rings (SSSR count). The molecule has 0 nitrogen and oxygen atoms in total. The average molecular weight is 270 g/mol. The highest BCUT2D eigenvalue weighted by molar-refractivity contribution is 4.94. The minimum atomic E-state index is 1.21. The van der Waals surface area contributed by atoms with Gasteiger partial charge in [0.05, 0.1) is 0 Å². The van der Waals surface area contributed by atoms with Crippen LogP contribution in [0, 0.1) is 0 Å². The number of hydrogen-bond acceptors (Lipinski definition) is 0. The third-order valence-corrected chi connectivity index (χ3v) is 3.33. The second kappa shape index (κ2) is 14.1. The van der Waals surface area contributed by atoms with E-state index in [2.05, 4.69) is 60.8 Å². The van der Waals surface area contributed by atoms with Crippen LogP contribution in [0.1, 0.15) is 64.2 Å². The lowest BCUT2D eigenvalue weighted by molar-refractivity contribution is 0.962. The van der Waals surface area contributed by atoms with Crippen LogP contribution in [0.5, 0.6) is 0 Å². The SMILES string of the molecule is C1=CCCC=CCC1.C1=CCCC=CCCC=CCC1. The number of hydrogen-bond donors (Lipinski definition) is 0. The van der Waals surface area contributed by atoms with Crippen molar-refractivity contribution in [3.8, 4) is 0 Å². The third kappa shape index (κ3) is 11.8. The van der Waals surface area contributed by atoms with Gasteiger partial charge in [-0.25, -0.2) is 0 Å². The monoisotopic (exact) mass is 270 g/mol. The molecule has 0 aliphatic heterocycles. The van der Waals surface area contributed by atoms with Crippen molar-refractivity contribution in [1.82, 2.24) is 0 Å². The Hall–Kier alpha value is -1.30. The van der Waals surface area contributed by atoms with Crippen molar-refractivity contribution >= 4 is 0 Å². The molecule has 0 bridgehead atoms. The van der Waals surface area contributed by atoms with Crippen molar-refractivity contribution < 1.29 is 0 Å². The summed E-state index contributed by atoms with van der Waals surface area (Å²) in [5.41, 5.74) is 0. The molecule has 2 aliphatic carbocycles. The van der Waals surface area contributed by atoms with E-state index in [1.54, 1.807) is 0 Å². The normalized spacial score (nSPS) is 20.0. The van der Waals surface area contributed by atoms with Gasteiger partial charge in [0.1, 0.15) is 0 Å². The summed E-state index contributed by atoms with van der Waals surface area (Å²) in [6.07, 6.45) is 35.0. The van der Waals surface area contributed by atoms with Crippen molar-refractivity contribution in [1.29, 1.82) is 0 Å². The smallest absolute Gasteiger partial charge is 0.0316 e. The van der Waals surface area contributed by atoms with Gasteiger partial charge in [-0.1, -0.05) is 60.8 Å². The quantitative estimate of drug-likeness (QED) is 0.430. The van der Waals surface area contributed by atoms with E-state index < -0.39 is 0 Å². The zero-order chi connectivity index (χ0) is 14.1. The maximum atomic E-state index is 2.29. The number of rotatable bonds is 0. The van der Waals surface area contributed by atoms with Crippen molar-refractivity contribution in [3.63, 3.8) is 0 Å². The summed E-state index contributed by atoms with van der Waals surface area (Å²) in [5.74, 6) is 0. The summed E-state index contributed by atoms with van der Waals surface area (Å²) in [6.45, 7) is 0. The van der Waals surface area contributed by atoms with Gasteiger partial charge in [0.25, 0.3) is 0 Å². The van der Waals surface area contributed by atoms with E-state index in [9.17, 15) is 0 Å². The highest BCUT2D eigenvalue weighted by Gasteiger charge is 1.83. The topological polar surface area (TPSA) is 0 Å². The molecular formula is C20H30. The van der Waals surface area contributed by atoms with Crippen LogP contribution < -0.4 is 0 Å². The molecule has 0 heteroatoms. The Morgan fingerprint density at radius 1 is 0.200 bits per heavy atom. The predicted molar refractivity (Wildman–Crippen MR) is 91.9 cm³/mol. The first-order chi connectivity index (χ1) is 10.0. The molecule has 110 valence electrons. The lowest BCUT2D eigenvalue weighted by Crippen LogP contribution is -1.71. The van der Waals surface area contributed by atoms with Crippen molar-refractivity contribution in [2.45, 2.75) is 64.2 Å². The van der Waals surface area contributed by atoms with Crippen LogP contribution in [-0.2, 0) is 0 Å². The van der Waals surface area contributed by atoms with Gasteiger partial charge in [0.2, 0.25) is 0 Å². The maximum Gasteiger partial charge on any atom is -0.0316 e. The van der Waals surface area contributed by atoms with E-state index in [0.29, 0.717) is 0 Å². The van der Waals surface area contributed by atoms with Crippen molar-refractivity contribution in [3.05, 3.63) is 60.8 Å². The van der Waals surface area contributed by atoms with Crippen LogP contribution in [0.3, 0.4) is 0 Å². The Bertz CT molecular complexity index is 262. The Morgan fingerprint density at radius 2 is 0.300 bits per heavy atom. The average Bonchev–Trinajstić information content (AvgIpc) is 2.39. The minimum absolute atomic E-state index is 1.21. The maximum absolute atomic E-state index is 2.29. The first-order valence-electron chi connectivity index (χ1n) is 8.25. The lowest BCUT2D eigenvalue weighted by Gasteiger charge is -1.92. The van der Waals surface area contributed by atoms with Gasteiger partial charge < -0.3 is 0 Å². The Morgan fingerprint density at radius 3 is 0.400 bits per heavy atom. The van der Waals surface area contributed by atoms with Crippen LogP contribution in [-0.4, -0.2) is 0 Å². The molecule has 0 saturated heterocycles. The second-order valence-electron chi connectivity index (χ2n) is 5.24. The molecule has 0 unspecified atom stereocenters. The highest BCUT2D eigenvalue weighted by atomic mass is 13.9. The molecule has 0 heterocycles. The van der Waals surface area contributed by atoms with E-state index in [1.165, 1.54) is 64.2 Å². The molecular weight excluding hydrogens is 240 g/mol. The molecule has 0 aromatic carbocycles. The summed E-state index contributed by atoms with van der Waals surface area (Å²) in [4.78, 5) is 0. The second-order valence-corrected chi connectivity index (χ2v) is 5.24. The Labute approximate surface area is 125 Å².